The van der Waals surface area contributed by atoms with Crippen molar-refractivity contribution in [1.82, 2.24) is 15.3 Å². The van der Waals surface area contributed by atoms with Crippen LogP contribution in [0.15, 0.2) is 23.1 Å². The molecule has 5 rings (SSSR count). The molecule has 2 fully saturated rings. The number of nitrogens with one attached hydrogen (secondary N) is 3. The van der Waals surface area contributed by atoms with Gasteiger partial charge in [0, 0.05) is 42.7 Å². The molecule has 5 N–H and O–H groups in total. The van der Waals surface area contributed by atoms with Crippen molar-refractivity contribution in [1.29, 1.82) is 0 Å². The van der Waals surface area contributed by atoms with E-state index in [9.17, 15) is 14.4 Å². The van der Waals surface area contributed by atoms with Gasteiger partial charge in [0.1, 0.15) is 5.00 Å². The minimum atomic E-state index is -0.149. The highest BCUT2D eigenvalue weighted by molar-refractivity contribution is 7.80. The van der Waals surface area contributed by atoms with Crippen LogP contribution in [0.1, 0.15) is 52.9 Å². The Morgan fingerprint density at radius 2 is 2.03 bits per heavy atom. The minimum absolute atomic E-state index is 0.00773. The van der Waals surface area contributed by atoms with E-state index in [1.807, 2.05) is 11.0 Å². The molecule has 1 atom stereocenters. The number of anilines is 2. The number of nitrogens with zero attached hydrogens (tertiary/aromatic N) is 2. The molecule has 35 heavy (non-hydrogen) atoms. The zero-order chi connectivity index (χ0) is 24.7. The summed E-state index contributed by atoms with van der Waals surface area (Å²) < 4.78 is 1.50. The zero-order valence-corrected chi connectivity index (χ0v) is 21.3. The lowest BCUT2D eigenvalue weighted by molar-refractivity contribution is -0.117. The molecule has 2 heterocycles. The minimum Gasteiger partial charge on any atom is -0.352 e. The summed E-state index contributed by atoms with van der Waals surface area (Å²) in [6.45, 7) is 0.656. The van der Waals surface area contributed by atoms with Gasteiger partial charge in [-0.2, -0.15) is 0 Å². The number of amides is 2. The molecule has 0 saturated heterocycles. The van der Waals surface area contributed by atoms with Crippen LogP contribution in [0.3, 0.4) is 0 Å². The Morgan fingerprint density at radius 1 is 1.26 bits per heavy atom. The summed E-state index contributed by atoms with van der Waals surface area (Å²) in [7, 11) is 1.69. The van der Waals surface area contributed by atoms with Gasteiger partial charge in [-0.1, -0.05) is 0 Å². The fraction of sp³-hybridized carbons (Fsp3) is 0.500. The number of nitrogens with two attached hydrogens (primary N) is 1. The number of pyridine rings is 1. The van der Waals surface area contributed by atoms with E-state index in [0.29, 0.717) is 40.2 Å². The topological polar surface area (TPSA) is 121 Å². The van der Waals surface area contributed by atoms with Crippen molar-refractivity contribution < 1.29 is 9.59 Å². The van der Waals surface area contributed by atoms with Crippen molar-refractivity contribution in [2.45, 2.75) is 51.0 Å². The second-order valence-electron chi connectivity index (χ2n) is 9.68. The lowest BCUT2D eigenvalue weighted by atomic mass is 9.90. The second kappa shape index (κ2) is 9.71. The molecule has 9 nitrogen and oxygen atoms in total. The third kappa shape index (κ3) is 5.12. The molecule has 3 aliphatic rings. The van der Waals surface area contributed by atoms with Crippen LogP contribution >= 0.6 is 23.6 Å². The second-order valence-corrected chi connectivity index (χ2v) is 11.2. The number of carbonyl (C=O) groups is 2. The van der Waals surface area contributed by atoms with E-state index in [1.165, 1.54) is 22.0 Å². The molecule has 11 heteroatoms. The highest BCUT2D eigenvalue weighted by Gasteiger charge is 2.36. The van der Waals surface area contributed by atoms with Crippen molar-refractivity contribution in [3.63, 3.8) is 0 Å². The van der Waals surface area contributed by atoms with Crippen molar-refractivity contribution >= 4 is 51.2 Å². The Labute approximate surface area is 213 Å². The van der Waals surface area contributed by atoms with Crippen LogP contribution in [0.5, 0.6) is 0 Å². The van der Waals surface area contributed by atoms with E-state index < -0.39 is 0 Å². The van der Waals surface area contributed by atoms with Gasteiger partial charge in [0.05, 0.1) is 11.3 Å². The van der Waals surface area contributed by atoms with Crippen molar-refractivity contribution in [2.75, 3.05) is 16.8 Å². The van der Waals surface area contributed by atoms with Crippen LogP contribution in [-0.2, 0) is 24.7 Å². The van der Waals surface area contributed by atoms with Crippen molar-refractivity contribution in [2.24, 2.45) is 24.7 Å². The number of fused-ring (bicyclic) bond motifs is 1. The fourth-order valence-electron chi connectivity index (χ4n) is 4.57. The number of hydrogen-bond acceptors (Lipinski definition) is 6. The Bertz CT molecular complexity index is 1230. The molecule has 2 aromatic rings. The SMILES string of the molecule is Cn1ccc(N(C(=S)NN)[C@H]2CCc3sc(NC(=O)C4CC4)c(C(=O)NCC4CC4)c3C2)cc1=O. The maximum Gasteiger partial charge on any atom is 0.254 e. The van der Waals surface area contributed by atoms with Gasteiger partial charge in [0.15, 0.2) is 5.11 Å². The van der Waals surface area contributed by atoms with Gasteiger partial charge in [-0.05, 0) is 74.7 Å². The number of thiophene rings is 1. The van der Waals surface area contributed by atoms with Crippen LogP contribution in [-0.4, -0.2) is 34.1 Å². The molecule has 0 aliphatic heterocycles. The number of rotatable bonds is 7. The highest BCUT2D eigenvalue weighted by Crippen LogP contribution is 2.41. The predicted molar refractivity (Wildman–Crippen MR) is 141 cm³/mol. The summed E-state index contributed by atoms with van der Waals surface area (Å²) >= 11 is 7.03. The number of aryl methyl sites for hydroxylation is 2. The summed E-state index contributed by atoms with van der Waals surface area (Å²) in [6.07, 6.45) is 7.84. The molecule has 3 aliphatic carbocycles. The quantitative estimate of drug-likeness (QED) is 0.253. The lowest BCUT2D eigenvalue weighted by Crippen LogP contribution is -2.51. The van der Waals surface area contributed by atoms with E-state index >= 15 is 0 Å². The zero-order valence-electron chi connectivity index (χ0n) is 19.6. The normalized spacial score (nSPS) is 19.0. The molecule has 2 saturated carbocycles. The standard InChI is InChI=1S/C24H30N6O3S2/c1-29-9-8-16(11-19(29)31)30(24(34)28-25)15-6-7-18-17(10-15)20(22(33)26-12-13-2-3-13)23(35-18)27-21(32)14-4-5-14/h8-9,11,13-15H,2-7,10,12,25H2,1H3,(H,26,33)(H,27,32)(H,28,34)/t15-/m0/s1. The lowest BCUT2D eigenvalue weighted by Gasteiger charge is -2.36. The predicted octanol–water partition coefficient (Wildman–Crippen LogP) is 2.05. The molecule has 2 amide bonds. The third-order valence-corrected chi connectivity index (χ3v) is 8.49. The van der Waals surface area contributed by atoms with E-state index in [0.717, 1.165) is 49.0 Å². The first-order valence-electron chi connectivity index (χ1n) is 12.1. The Balaban J connectivity index is 1.47. The summed E-state index contributed by atoms with van der Waals surface area (Å²) in [5.41, 5.74) is 4.58. The largest absolute Gasteiger partial charge is 0.352 e. The van der Waals surface area contributed by atoms with Gasteiger partial charge >= 0.3 is 0 Å². The average Bonchev–Trinajstić information content (AvgIpc) is 3.76. The van der Waals surface area contributed by atoms with Crippen molar-refractivity contribution in [3.05, 3.63) is 44.7 Å². The summed E-state index contributed by atoms with van der Waals surface area (Å²) in [6, 6.07) is 3.27. The first-order valence-corrected chi connectivity index (χ1v) is 13.3. The number of carbonyl (C=O) groups excluding carboxylic acids is 2. The summed E-state index contributed by atoms with van der Waals surface area (Å²) in [4.78, 5) is 41.2. The van der Waals surface area contributed by atoms with Crippen molar-refractivity contribution in [3.8, 4) is 0 Å². The Kier molecular flexibility index (Phi) is 6.65. The third-order valence-electron chi connectivity index (χ3n) is 6.97. The van der Waals surface area contributed by atoms with Crippen LogP contribution in [0, 0.1) is 11.8 Å². The van der Waals surface area contributed by atoms with Gasteiger partial charge < -0.3 is 25.5 Å². The van der Waals surface area contributed by atoms with E-state index in [4.69, 9.17) is 18.1 Å². The van der Waals surface area contributed by atoms with Gasteiger partial charge in [0.25, 0.3) is 11.5 Å². The molecular formula is C24H30N6O3S2. The van der Waals surface area contributed by atoms with Gasteiger partial charge in [0.2, 0.25) is 5.91 Å². The number of hydrogen-bond donors (Lipinski definition) is 4. The fourth-order valence-corrected chi connectivity index (χ4v) is 6.07. The van der Waals surface area contributed by atoms with E-state index in [1.54, 1.807) is 13.2 Å². The molecule has 2 aromatic heterocycles. The van der Waals surface area contributed by atoms with Crippen LogP contribution < -0.4 is 32.4 Å². The maximum absolute atomic E-state index is 13.3. The summed E-state index contributed by atoms with van der Waals surface area (Å²) in [5, 5.41) is 7.07. The molecule has 0 spiro atoms. The smallest absolute Gasteiger partial charge is 0.254 e. The Morgan fingerprint density at radius 3 is 2.69 bits per heavy atom. The molecular weight excluding hydrogens is 484 g/mol. The van der Waals surface area contributed by atoms with E-state index in [-0.39, 0.29) is 29.3 Å². The summed E-state index contributed by atoms with van der Waals surface area (Å²) in [5.74, 6) is 6.15. The molecule has 186 valence electrons. The monoisotopic (exact) mass is 514 g/mol. The van der Waals surface area contributed by atoms with Gasteiger partial charge in [-0.15, -0.1) is 11.3 Å². The van der Waals surface area contributed by atoms with Crippen LogP contribution in [0.4, 0.5) is 10.7 Å². The van der Waals surface area contributed by atoms with Gasteiger partial charge in [-0.3, -0.25) is 14.4 Å². The Hall–Kier alpha value is -2.76. The first-order chi connectivity index (χ1) is 16.9. The molecule has 0 bridgehead atoms. The molecule has 0 radical (unpaired) electrons. The number of thiocarbonyl (C=S) groups is 1. The molecule has 0 unspecified atom stereocenters. The van der Waals surface area contributed by atoms with Gasteiger partial charge in [-0.25, -0.2) is 5.84 Å². The number of hydrazine groups is 1. The first kappa shape index (κ1) is 24.0. The van der Waals surface area contributed by atoms with Crippen LogP contribution in [0.2, 0.25) is 0 Å². The highest BCUT2D eigenvalue weighted by atomic mass is 32.1. The maximum atomic E-state index is 13.3. The number of aromatic nitrogens is 1. The van der Waals surface area contributed by atoms with E-state index in [2.05, 4.69) is 16.1 Å². The van der Waals surface area contributed by atoms with Crippen LogP contribution in [0.25, 0.3) is 0 Å². The average molecular weight is 515 g/mol. The molecule has 0 aromatic carbocycles.